The molecule has 1 rings (SSSR count). The molecule has 0 aliphatic carbocycles. The minimum atomic E-state index is -3.76. The Morgan fingerprint density at radius 3 is 2.41 bits per heavy atom. The molecule has 1 aromatic heterocycles. The highest BCUT2D eigenvalue weighted by molar-refractivity contribution is 5.75. The van der Waals surface area contributed by atoms with E-state index >= 15 is 0 Å². The fourth-order valence-corrected chi connectivity index (χ4v) is 1.61. The first-order chi connectivity index (χ1) is 7.54. The van der Waals surface area contributed by atoms with Gasteiger partial charge >= 0.3 is 11.9 Å². The van der Waals surface area contributed by atoms with Crippen molar-refractivity contribution < 1.29 is 18.7 Å². The van der Waals surface area contributed by atoms with Gasteiger partial charge in [0.2, 0.25) is 0 Å². The fraction of sp³-hybridized carbons (Fsp3) is 0.636. The Morgan fingerprint density at radius 2 is 2.00 bits per heavy atom. The minimum absolute atomic E-state index is 0.271. The third-order valence-corrected chi connectivity index (χ3v) is 2.34. The summed E-state index contributed by atoms with van der Waals surface area (Å²) in [6.45, 7) is 5.53. The summed E-state index contributed by atoms with van der Waals surface area (Å²) in [5.41, 5.74) is 0.374. The Kier molecular flexibility index (Phi) is 3.27. The lowest BCUT2D eigenvalue weighted by Gasteiger charge is -2.18. The van der Waals surface area contributed by atoms with Gasteiger partial charge in [0.1, 0.15) is 0 Å². The van der Waals surface area contributed by atoms with E-state index in [1.54, 1.807) is 7.05 Å². The average molecular weight is 246 g/mol. The van der Waals surface area contributed by atoms with Crippen molar-refractivity contribution in [2.24, 2.45) is 7.05 Å². The number of aryl methyl sites for hydroxylation is 1. The van der Waals surface area contributed by atoms with Gasteiger partial charge in [-0.2, -0.15) is 13.9 Å². The highest BCUT2D eigenvalue weighted by Gasteiger charge is 2.40. The van der Waals surface area contributed by atoms with Crippen LogP contribution in [0.5, 0.6) is 0 Å². The van der Waals surface area contributed by atoms with Gasteiger partial charge in [0.15, 0.2) is 0 Å². The Bertz CT molecular complexity index is 433. The molecule has 1 heterocycles. The number of nitrogens with zero attached hydrogens (tertiary/aromatic N) is 2. The van der Waals surface area contributed by atoms with Crippen molar-refractivity contribution in [2.75, 3.05) is 0 Å². The predicted molar refractivity (Wildman–Crippen MR) is 58.2 cm³/mol. The van der Waals surface area contributed by atoms with E-state index in [0.717, 1.165) is 0 Å². The van der Waals surface area contributed by atoms with Crippen LogP contribution >= 0.6 is 0 Å². The molecule has 0 atom stereocenters. The number of rotatable bonds is 3. The molecule has 0 saturated carbocycles. The number of alkyl halides is 2. The summed E-state index contributed by atoms with van der Waals surface area (Å²) in [4.78, 5) is 10.4. The first-order valence-corrected chi connectivity index (χ1v) is 5.18. The van der Waals surface area contributed by atoms with Gasteiger partial charge in [-0.05, 0) is 0 Å². The number of aliphatic carboxylic acids is 1. The smallest absolute Gasteiger partial charge is 0.374 e. The Labute approximate surface area is 98.2 Å². The van der Waals surface area contributed by atoms with Crippen LogP contribution in [0.1, 0.15) is 32.0 Å². The van der Waals surface area contributed by atoms with Crippen LogP contribution in [0, 0.1) is 0 Å². The molecule has 0 aromatic carbocycles. The lowest BCUT2D eigenvalue weighted by atomic mass is 9.88. The minimum Gasteiger partial charge on any atom is -0.477 e. The summed E-state index contributed by atoms with van der Waals surface area (Å²) in [6, 6.07) is 0. The molecule has 6 heteroatoms. The molecule has 0 unspecified atom stereocenters. The number of hydrogen-bond acceptors (Lipinski definition) is 2. The lowest BCUT2D eigenvalue weighted by molar-refractivity contribution is -0.164. The molecule has 17 heavy (non-hydrogen) atoms. The summed E-state index contributed by atoms with van der Waals surface area (Å²) in [7, 11) is 1.62. The van der Waals surface area contributed by atoms with Crippen molar-refractivity contribution in [3.05, 3.63) is 17.5 Å². The number of hydrogen-bond donors (Lipinski definition) is 1. The number of carboxylic acid groups (broad SMARTS) is 1. The van der Waals surface area contributed by atoms with Gasteiger partial charge in [0.25, 0.3) is 0 Å². The fourth-order valence-electron chi connectivity index (χ4n) is 1.61. The summed E-state index contributed by atoms with van der Waals surface area (Å²) in [5, 5.41) is 12.5. The van der Waals surface area contributed by atoms with Crippen LogP contribution < -0.4 is 0 Å². The van der Waals surface area contributed by atoms with E-state index in [-0.39, 0.29) is 5.56 Å². The SMILES string of the molecule is Cn1cc(CC(F)(F)C(=O)O)c(C(C)(C)C)n1. The predicted octanol–water partition coefficient (Wildman–Crippen LogP) is 1.98. The van der Waals surface area contributed by atoms with E-state index < -0.39 is 23.7 Å². The zero-order valence-electron chi connectivity index (χ0n) is 10.3. The van der Waals surface area contributed by atoms with E-state index in [9.17, 15) is 13.6 Å². The van der Waals surface area contributed by atoms with Crippen LogP contribution in [-0.4, -0.2) is 26.8 Å². The summed E-state index contributed by atoms with van der Waals surface area (Å²) >= 11 is 0. The van der Waals surface area contributed by atoms with Crippen LogP contribution in [0.2, 0.25) is 0 Å². The van der Waals surface area contributed by atoms with E-state index in [1.807, 2.05) is 20.8 Å². The Hall–Kier alpha value is -1.46. The van der Waals surface area contributed by atoms with E-state index in [2.05, 4.69) is 5.10 Å². The van der Waals surface area contributed by atoms with Crippen LogP contribution in [0.4, 0.5) is 8.78 Å². The molecule has 0 saturated heterocycles. The molecule has 4 nitrogen and oxygen atoms in total. The lowest BCUT2D eigenvalue weighted by Crippen LogP contribution is -2.31. The van der Waals surface area contributed by atoms with Crippen molar-refractivity contribution in [1.82, 2.24) is 9.78 Å². The quantitative estimate of drug-likeness (QED) is 0.887. The van der Waals surface area contributed by atoms with Crippen LogP contribution in [0.15, 0.2) is 6.20 Å². The molecule has 0 spiro atoms. The van der Waals surface area contributed by atoms with Crippen molar-refractivity contribution in [3.63, 3.8) is 0 Å². The first kappa shape index (κ1) is 13.6. The first-order valence-electron chi connectivity index (χ1n) is 5.18. The molecule has 1 aromatic rings. The zero-order valence-corrected chi connectivity index (χ0v) is 10.3. The van der Waals surface area contributed by atoms with Crippen LogP contribution in [-0.2, 0) is 23.7 Å². The number of carboxylic acids is 1. The summed E-state index contributed by atoms with van der Waals surface area (Å²) < 4.78 is 27.8. The zero-order chi connectivity index (χ0) is 13.4. The Morgan fingerprint density at radius 1 is 1.47 bits per heavy atom. The maximum Gasteiger partial charge on any atom is 0.374 e. The molecule has 1 N–H and O–H groups in total. The van der Waals surface area contributed by atoms with Crippen LogP contribution in [0.3, 0.4) is 0 Å². The Balaban J connectivity index is 3.12. The highest BCUT2D eigenvalue weighted by Crippen LogP contribution is 2.29. The number of aromatic nitrogens is 2. The summed E-state index contributed by atoms with van der Waals surface area (Å²) in [5.74, 6) is -5.87. The monoisotopic (exact) mass is 246 g/mol. The van der Waals surface area contributed by atoms with Crippen molar-refractivity contribution >= 4 is 5.97 Å². The largest absolute Gasteiger partial charge is 0.477 e. The average Bonchev–Trinajstić information content (AvgIpc) is 2.44. The molecule has 96 valence electrons. The third kappa shape index (κ3) is 3.01. The van der Waals surface area contributed by atoms with Gasteiger partial charge in [-0.15, -0.1) is 0 Å². The van der Waals surface area contributed by atoms with Gasteiger partial charge < -0.3 is 5.11 Å². The standard InChI is InChI=1S/C11H16F2N2O2/c1-10(2,3)8-7(6-15(4)14-8)5-11(12,13)9(16)17/h6H,5H2,1-4H3,(H,16,17). The second kappa shape index (κ2) is 4.09. The molecule has 0 aliphatic rings. The molecular formula is C11H16F2N2O2. The van der Waals surface area contributed by atoms with E-state index in [0.29, 0.717) is 5.69 Å². The van der Waals surface area contributed by atoms with Crippen molar-refractivity contribution in [3.8, 4) is 0 Å². The molecule has 0 radical (unpaired) electrons. The molecule has 0 aliphatic heterocycles. The molecular weight excluding hydrogens is 230 g/mol. The van der Waals surface area contributed by atoms with E-state index in [1.165, 1.54) is 10.9 Å². The van der Waals surface area contributed by atoms with Gasteiger partial charge in [-0.1, -0.05) is 20.8 Å². The van der Waals surface area contributed by atoms with Crippen LogP contribution in [0.25, 0.3) is 0 Å². The highest BCUT2D eigenvalue weighted by atomic mass is 19.3. The third-order valence-electron chi connectivity index (χ3n) is 2.34. The van der Waals surface area contributed by atoms with Gasteiger partial charge in [-0.3, -0.25) is 4.68 Å². The summed E-state index contributed by atoms with van der Waals surface area (Å²) in [6.07, 6.45) is 0.611. The number of carbonyl (C=O) groups is 1. The number of halogens is 2. The second-order valence-corrected chi connectivity index (χ2v) is 5.11. The maximum atomic E-state index is 13.2. The molecule has 0 bridgehead atoms. The van der Waals surface area contributed by atoms with E-state index in [4.69, 9.17) is 5.11 Å². The molecule has 0 fully saturated rings. The topological polar surface area (TPSA) is 55.1 Å². The van der Waals surface area contributed by atoms with Crippen molar-refractivity contribution in [2.45, 2.75) is 38.5 Å². The van der Waals surface area contributed by atoms with Gasteiger partial charge in [0.05, 0.1) is 12.1 Å². The van der Waals surface area contributed by atoms with Gasteiger partial charge in [-0.25, -0.2) is 4.79 Å². The second-order valence-electron chi connectivity index (χ2n) is 5.11. The maximum absolute atomic E-state index is 13.2. The van der Waals surface area contributed by atoms with Crippen molar-refractivity contribution in [1.29, 1.82) is 0 Å². The van der Waals surface area contributed by atoms with Gasteiger partial charge in [0, 0.05) is 24.2 Å². The normalized spacial score (nSPS) is 12.8. The molecule has 0 amide bonds.